The van der Waals surface area contributed by atoms with Crippen molar-refractivity contribution < 1.29 is 12.8 Å². The molecule has 1 fully saturated rings. The van der Waals surface area contributed by atoms with Crippen LogP contribution in [0.5, 0.6) is 0 Å². The van der Waals surface area contributed by atoms with Gasteiger partial charge in [0.25, 0.3) is 0 Å². The Morgan fingerprint density at radius 1 is 0.800 bits per heavy atom. The number of sulfone groups is 1. The van der Waals surface area contributed by atoms with E-state index >= 15 is 0 Å². The predicted octanol–water partition coefficient (Wildman–Crippen LogP) is 5.55. The molecule has 1 aliphatic heterocycles. The van der Waals surface area contributed by atoms with E-state index in [0.717, 1.165) is 55.0 Å². The van der Waals surface area contributed by atoms with E-state index in [1.807, 2.05) is 12.1 Å². The Morgan fingerprint density at radius 2 is 1.43 bits per heavy atom. The van der Waals surface area contributed by atoms with E-state index in [0.29, 0.717) is 11.4 Å². The second-order valence-corrected chi connectivity index (χ2v) is 11.2. The van der Waals surface area contributed by atoms with Crippen LogP contribution < -0.4 is 0 Å². The zero-order valence-electron chi connectivity index (χ0n) is 20.1. The maximum Gasteiger partial charge on any atom is 0.175 e. The van der Waals surface area contributed by atoms with Crippen molar-refractivity contribution in [3.05, 3.63) is 89.7 Å². The molecule has 1 aromatic heterocycles. The molecule has 0 atom stereocenters. The summed E-state index contributed by atoms with van der Waals surface area (Å²) in [6.45, 7) is 7.18. The number of piperazine rings is 1. The molecule has 1 aliphatic rings. The first-order chi connectivity index (χ1) is 16.3. The van der Waals surface area contributed by atoms with Crippen LogP contribution >= 0.6 is 12.4 Å². The quantitative estimate of drug-likeness (QED) is 0.340. The molecule has 0 radical (unpaired) electrons. The van der Waals surface area contributed by atoms with E-state index in [1.54, 1.807) is 12.1 Å². The first kappa shape index (κ1) is 25.5. The van der Waals surface area contributed by atoms with E-state index in [-0.39, 0.29) is 12.4 Å². The molecule has 0 unspecified atom stereocenters. The number of furan rings is 1. The highest BCUT2D eigenvalue weighted by molar-refractivity contribution is 7.90. The Balaban J connectivity index is 0.00000289. The normalized spacial score (nSPS) is 15.3. The molecule has 0 aliphatic carbocycles. The fourth-order valence-electron chi connectivity index (χ4n) is 4.66. The van der Waals surface area contributed by atoms with Gasteiger partial charge in [-0.3, -0.25) is 9.80 Å². The van der Waals surface area contributed by atoms with Crippen molar-refractivity contribution in [3.8, 4) is 11.1 Å². The van der Waals surface area contributed by atoms with Crippen molar-refractivity contribution in [1.29, 1.82) is 0 Å². The van der Waals surface area contributed by atoms with Crippen molar-refractivity contribution in [1.82, 2.24) is 9.80 Å². The summed E-state index contributed by atoms with van der Waals surface area (Å²) in [6.07, 6.45) is 1.28. The van der Waals surface area contributed by atoms with Crippen LogP contribution in [0.4, 0.5) is 0 Å². The van der Waals surface area contributed by atoms with Crippen LogP contribution in [-0.4, -0.2) is 50.7 Å². The first-order valence-electron chi connectivity index (χ1n) is 11.7. The minimum absolute atomic E-state index is 0. The lowest BCUT2D eigenvalue weighted by molar-refractivity contribution is 0.116. The molecule has 1 saturated heterocycles. The maximum absolute atomic E-state index is 12.1. The number of nitrogens with zero attached hydrogens (tertiary/aromatic N) is 2. The molecule has 5 nitrogen and oxygen atoms in total. The van der Waals surface area contributed by atoms with Crippen molar-refractivity contribution in [3.63, 3.8) is 0 Å². The number of aryl methyl sites for hydroxylation is 1. The van der Waals surface area contributed by atoms with E-state index in [1.165, 1.54) is 22.9 Å². The molecule has 0 spiro atoms. The molecule has 35 heavy (non-hydrogen) atoms. The van der Waals surface area contributed by atoms with Gasteiger partial charge in [0.05, 0.1) is 11.4 Å². The number of hydrogen-bond acceptors (Lipinski definition) is 5. The van der Waals surface area contributed by atoms with Gasteiger partial charge in [0.15, 0.2) is 9.84 Å². The van der Waals surface area contributed by atoms with Crippen molar-refractivity contribution in [2.24, 2.45) is 0 Å². The summed E-state index contributed by atoms with van der Waals surface area (Å²) in [5, 5.41) is 1.13. The third-order valence-electron chi connectivity index (χ3n) is 6.56. The van der Waals surface area contributed by atoms with Gasteiger partial charge in [0, 0.05) is 44.4 Å². The molecule has 0 bridgehead atoms. The predicted molar refractivity (Wildman–Crippen MR) is 144 cm³/mol. The van der Waals surface area contributed by atoms with Gasteiger partial charge in [-0.15, -0.1) is 12.4 Å². The molecule has 5 rings (SSSR count). The first-order valence-corrected chi connectivity index (χ1v) is 13.6. The maximum atomic E-state index is 12.1. The molecule has 7 heteroatoms. The summed E-state index contributed by atoms with van der Waals surface area (Å²) in [6, 6.07) is 24.4. The van der Waals surface area contributed by atoms with Gasteiger partial charge < -0.3 is 4.42 Å². The highest BCUT2D eigenvalue weighted by Gasteiger charge is 2.21. The summed E-state index contributed by atoms with van der Waals surface area (Å²) in [4.78, 5) is 5.16. The van der Waals surface area contributed by atoms with Gasteiger partial charge >= 0.3 is 0 Å². The highest BCUT2D eigenvalue weighted by atomic mass is 35.5. The fourth-order valence-corrected chi connectivity index (χ4v) is 5.60. The largest absolute Gasteiger partial charge is 0.460 e. The topological polar surface area (TPSA) is 53.8 Å². The van der Waals surface area contributed by atoms with Crippen LogP contribution in [0.15, 0.2) is 82.1 Å². The molecule has 0 N–H and O–H groups in total. The van der Waals surface area contributed by atoms with E-state index in [2.05, 4.69) is 65.3 Å². The number of fused-ring (bicyclic) bond motifs is 1. The Hall–Kier alpha value is -2.64. The average Bonchev–Trinajstić information content (AvgIpc) is 3.22. The second kappa shape index (κ2) is 10.5. The summed E-state index contributed by atoms with van der Waals surface area (Å²) >= 11 is 0. The summed E-state index contributed by atoms with van der Waals surface area (Å²) in [5.41, 5.74) is 5.46. The van der Waals surface area contributed by atoms with Crippen molar-refractivity contribution in [2.45, 2.75) is 24.9 Å². The van der Waals surface area contributed by atoms with E-state index in [4.69, 9.17) is 4.42 Å². The van der Waals surface area contributed by atoms with Crippen LogP contribution in [0.3, 0.4) is 0 Å². The monoisotopic (exact) mass is 510 g/mol. The lowest BCUT2D eigenvalue weighted by Gasteiger charge is -2.34. The standard InChI is InChI=1S/C28H30N2O3S.ClH/c1-21-7-9-22(10-8-21)23-11-12-27-25(17-23)18-26(33-27)20-30-15-13-29(14-16-30)19-24-5-3-4-6-28(24)34(2,31)32;/h3-12,17-18H,13-16,19-20H2,1-2H3;1H. The van der Waals surface area contributed by atoms with Gasteiger partial charge in [-0.2, -0.15) is 0 Å². The number of benzene rings is 3. The molecule has 0 saturated carbocycles. The Labute approximate surface area is 213 Å². The number of halogens is 1. The van der Waals surface area contributed by atoms with E-state index < -0.39 is 9.84 Å². The van der Waals surface area contributed by atoms with Crippen molar-refractivity contribution >= 4 is 33.2 Å². The minimum atomic E-state index is -3.22. The van der Waals surface area contributed by atoms with Gasteiger partial charge in [-0.1, -0.05) is 54.1 Å². The van der Waals surface area contributed by atoms with Crippen LogP contribution in [-0.2, 0) is 22.9 Å². The van der Waals surface area contributed by atoms with Gasteiger partial charge in [-0.25, -0.2) is 8.42 Å². The summed E-state index contributed by atoms with van der Waals surface area (Å²) in [5.74, 6) is 0.979. The van der Waals surface area contributed by atoms with Gasteiger partial charge in [0.1, 0.15) is 11.3 Å². The summed E-state index contributed by atoms with van der Waals surface area (Å²) < 4.78 is 30.3. The molecule has 2 heterocycles. The number of rotatable bonds is 6. The van der Waals surface area contributed by atoms with Crippen LogP contribution in [0.1, 0.15) is 16.9 Å². The van der Waals surface area contributed by atoms with Crippen LogP contribution in [0.25, 0.3) is 22.1 Å². The fraction of sp³-hybridized carbons (Fsp3) is 0.286. The Kier molecular flexibility index (Phi) is 7.67. The molecule has 3 aromatic carbocycles. The molecule has 184 valence electrons. The van der Waals surface area contributed by atoms with Crippen LogP contribution in [0.2, 0.25) is 0 Å². The average molecular weight is 511 g/mol. The third-order valence-corrected chi connectivity index (χ3v) is 7.76. The molecule has 4 aromatic rings. The van der Waals surface area contributed by atoms with E-state index in [9.17, 15) is 8.42 Å². The van der Waals surface area contributed by atoms with Crippen molar-refractivity contribution in [2.75, 3.05) is 32.4 Å². The third kappa shape index (κ3) is 5.96. The Morgan fingerprint density at radius 3 is 2.11 bits per heavy atom. The molecular formula is C28H31ClN2O3S. The second-order valence-electron chi connectivity index (χ2n) is 9.26. The van der Waals surface area contributed by atoms with Gasteiger partial charge in [-0.05, 0) is 47.9 Å². The smallest absolute Gasteiger partial charge is 0.175 e. The van der Waals surface area contributed by atoms with Gasteiger partial charge in [0.2, 0.25) is 0 Å². The van der Waals surface area contributed by atoms with Crippen LogP contribution in [0, 0.1) is 6.92 Å². The SMILES string of the molecule is Cc1ccc(-c2ccc3oc(CN4CCN(Cc5ccccc5S(C)(=O)=O)CC4)cc3c2)cc1.Cl. The lowest BCUT2D eigenvalue weighted by atomic mass is 10.0. The zero-order chi connectivity index (χ0) is 23.7. The molecule has 0 amide bonds. The summed E-state index contributed by atoms with van der Waals surface area (Å²) in [7, 11) is -3.22. The zero-order valence-corrected chi connectivity index (χ0v) is 21.7. The number of hydrogen-bond donors (Lipinski definition) is 0. The lowest BCUT2D eigenvalue weighted by Crippen LogP contribution is -2.45. The Bertz CT molecular complexity index is 1410. The minimum Gasteiger partial charge on any atom is -0.460 e. The highest BCUT2D eigenvalue weighted by Crippen LogP contribution is 2.28. The molecular weight excluding hydrogens is 480 g/mol.